The summed E-state index contributed by atoms with van der Waals surface area (Å²) in [5.74, 6) is 2.07. The molecule has 0 aliphatic carbocycles. The van der Waals surface area contributed by atoms with E-state index in [2.05, 4.69) is 56.2 Å². The third-order valence-corrected chi connectivity index (χ3v) is 5.47. The molecule has 2 aliphatic rings. The Morgan fingerprint density at radius 1 is 1.31 bits per heavy atom. The van der Waals surface area contributed by atoms with Gasteiger partial charge in [0, 0.05) is 19.6 Å². The molecule has 0 spiro atoms. The maximum Gasteiger partial charge on any atom is 0.219 e. The van der Waals surface area contributed by atoms with Gasteiger partial charge in [0.05, 0.1) is 18.6 Å². The number of piperidine rings is 1. The lowest BCUT2D eigenvalue weighted by atomic mass is 9.97. The Labute approximate surface area is 194 Å². The SMILES string of the molecule is C=C/C(=C\C(=C)OC1=NC(CN2CCC(=C/C)/C(=C\C=C(/C)OC)C2)=CCC=C1)CCC. The van der Waals surface area contributed by atoms with Crippen LogP contribution in [0, 0.1) is 0 Å². The highest BCUT2D eigenvalue weighted by molar-refractivity contribution is 5.89. The van der Waals surface area contributed by atoms with Gasteiger partial charge in [-0.05, 0) is 68.1 Å². The molecule has 0 unspecified atom stereocenters. The fourth-order valence-electron chi connectivity index (χ4n) is 3.65. The fourth-order valence-corrected chi connectivity index (χ4v) is 3.65. The summed E-state index contributed by atoms with van der Waals surface area (Å²) < 4.78 is 11.2. The van der Waals surface area contributed by atoms with E-state index in [1.54, 1.807) is 7.11 Å². The molecule has 2 heterocycles. The van der Waals surface area contributed by atoms with E-state index in [4.69, 9.17) is 14.5 Å². The van der Waals surface area contributed by atoms with Gasteiger partial charge in [-0.2, -0.15) is 0 Å². The fraction of sp³-hybridized carbons (Fsp3) is 0.393. The number of rotatable bonds is 9. The highest BCUT2D eigenvalue weighted by Gasteiger charge is 2.19. The first-order valence-electron chi connectivity index (χ1n) is 11.4. The van der Waals surface area contributed by atoms with Crippen LogP contribution in [0.2, 0.25) is 0 Å². The van der Waals surface area contributed by atoms with Crippen molar-refractivity contribution >= 4 is 5.90 Å². The number of hydrogen-bond acceptors (Lipinski definition) is 4. The van der Waals surface area contributed by atoms with Crippen molar-refractivity contribution in [1.82, 2.24) is 4.90 Å². The molecule has 0 saturated carbocycles. The van der Waals surface area contributed by atoms with Crippen LogP contribution in [0.15, 0.2) is 101 Å². The first kappa shape index (κ1) is 25.4. The van der Waals surface area contributed by atoms with Crippen LogP contribution in [0.3, 0.4) is 0 Å². The molecule has 2 aliphatic heterocycles. The average Bonchev–Trinajstić information content (AvgIpc) is 3.01. The predicted octanol–water partition coefficient (Wildman–Crippen LogP) is 6.80. The molecule has 0 aromatic rings. The molecule has 0 bridgehead atoms. The van der Waals surface area contributed by atoms with E-state index in [1.165, 1.54) is 11.1 Å². The van der Waals surface area contributed by atoms with Crippen molar-refractivity contribution in [3.05, 3.63) is 95.7 Å². The summed E-state index contributed by atoms with van der Waals surface area (Å²) in [5, 5.41) is 0. The van der Waals surface area contributed by atoms with Crippen molar-refractivity contribution in [2.24, 2.45) is 4.99 Å². The molecule has 2 rings (SSSR count). The molecule has 0 amide bonds. The molecule has 1 fully saturated rings. The number of ether oxygens (including phenoxy) is 2. The number of aliphatic imine (C=N–C) groups is 1. The number of methoxy groups -OCH3 is 1. The molecule has 4 nitrogen and oxygen atoms in total. The van der Waals surface area contributed by atoms with Crippen LogP contribution in [-0.2, 0) is 9.47 Å². The number of hydrogen-bond donors (Lipinski definition) is 0. The van der Waals surface area contributed by atoms with Crippen LogP contribution >= 0.6 is 0 Å². The van der Waals surface area contributed by atoms with Crippen LogP contribution in [0.5, 0.6) is 0 Å². The van der Waals surface area contributed by atoms with E-state index in [1.807, 2.05) is 31.2 Å². The zero-order valence-electron chi connectivity index (χ0n) is 20.2. The van der Waals surface area contributed by atoms with E-state index in [9.17, 15) is 0 Å². The second-order valence-electron chi connectivity index (χ2n) is 7.97. The topological polar surface area (TPSA) is 34.1 Å². The molecule has 0 aromatic carbocycles. The van der Waals surface area contributed by atoms with Crippen molar-refractivity contribution in [2.75, 3.05) is 26.7 Å². The van der Waals surface area contributed by atoms with E-state index in [0.29, 0.717) is 11.7 Å². The van der Waals surface area contributed by atoms with Crippen LogP contribution in [0.1, 0.15) is 46.5 Å². The molecule has 172 valence electrons. The smallest absolute Gasteiger partial charge is 0.219 e. The summed E-state index contributed by atoms with van der Waals surface area (Å²) in [6, 6.07) is 0. The third-order valence-electron chi connectivity index (χ3n) is 5.47. The second-order valence-corrected chi connectivity index (χ2v) is 7.97. The summed E-state index contributed by atoms with van der Waals surface area (Å²) in [6.07, 6.45) is 20.3. The lowest BCUT2D eigenvalue weighted by Crippen LogP contribution is -2.33. The van der Waals surface area contributed by atoms with Crippen molar-refractivity contribution in [3.63, 3.8) is 0 Å². The minimum Gasteiger partial charge on any atom is -0.501 e. The first-order chi connectivity index (χ1) is 15.5. The quantitative estimate of drug-likeness (QED) is 0.296. The minimum atomic E-state index is 0.579. The Bertz CT molecular complexity index is 894. The average molecular weight is 435 g/mol. The van der Waals surface area contributed by atoms with Crippen LogP contribution < -0.4 is 0 Å². The lowest BCUT2D eigenvalue weighted by Gasteiger charge is -2.30. The number of likely N-dealkylation sites (tertiary alicyclic amines) is 1. The summed E-state index contributed by atoms with van der Waals surface area (Å²) in [7, 11) is 1.70. The molecule has 1 saturated heterocycles. The van der Waals surface area contributed by atoms with Gasteiger partial charge in [-0.1, -0.05) is 56.9 Å². The molecule has 0 N–H and O–H groups in total. The van der Waals surface area contributed by atoms with Crippen LogP contribution in [0.4, 0.5) is 0 Å². The monoisotopic (exact) mass is 434 g/mol. The normalized spacial score (nSPS) is 20.6. The van der Waals surface area contributed by atoms with Gasteiger partial charge in [0.1, 0.15) is 5.76 Å². The number of nitrogens with zero attached hydrogens (tertiary/aromatic N) is 2. The van der Waals surface area contributed by atoms with Gasteiger partial charge in [-0.3, -0.25) is 4.90 Å². The molecule has 0 atom stereocenters. The Morgan fingerprint density at radius 3 is 2.81 bits per heavy atom. The first-order valence-corrected chi connectivity index (χ1v) is 11.4. The third kappa shape index (κ3) is 8.35. The maximum absolute atomic E-state index is 5.95. The largest absolute Gasteiger partial charge is 0.501 e. The highest BCUT2D eigenvalue weighted by atomic mass is 16.5. The standard InChI is InChI=1S/C28H38N2O2/c1-7-12-24(8-2)19-23(5)32-28-14-11-10-13-27(29-28)21-30-18-17-25(9-3)26(20-30)16-15-22(4)31-6/h8-9,11,13-16,19H,2,5,7,10,12,17-18,20-21H2,1,3-4,6H3/b22-15+,24-19+,25-9-,26-16-. The molecule has 32 heavy (non-hydrogen) atoms. The molecular formula is C28H38N2O2. The summed E-state index contributed by atoms with van der Waals surface area (Å²) in [6.45, 7) is 16.8. The molecular weight excluding hydrogens is 396 g/mol. The molecule has 4 heteroatoms. The molecule has 0 radical (unpaired) electrons. The number of allylic oxidation sites excluding steroid dienone is 9. The van der Waals surface area contributed by atoms with Gasteiger partial charge in [-0.25, -0.2) is 4.99 Å². The lowest BCUT2D eigenvalue weighted by molar-refractivity contribution is 0.293. The van der Waals surface area contributed by atoms with E-state index >= 15 is 0 Å². The van der Waals surface area contributed by atoms with Gasteiger partial charge in [0.2, 0.25) is 5.90 Å². The summed E-state index contributed by atoms with van der Waals surface area (Å²) in [5.41, 5.74) is 4.87. The maximum atomic E-state index is 5.95. The van der Waals surface area contributed by atoms with Gasteiger partial charge < -0.3 is 9.47 Å². The Kier molecular flexibility index (Phi) is 10.8. The Morgan fingerprint density at radius 2 is 2.12 bits per heavy atom. The van der Waals surface area contributed by atoms with Gasteiger partial charge in [0.25, 0.3) is 0 Å². The predicted molar refractivity (Wildman–Crippen MR) is 136 cm³/mol. The molecule has 0 aromatic heterocycles. The minimum absolute atomic E-state index is 0.579. The van der Waals surface area contributed by atoms with E-state index < -0.39 is 0 Å². The zero-order valence-corrected chi connectivity index (χ0v) is 20.2. The Balaban J connectivity index is 2.09. The van der Waals surface area contributed by atoms with E-state index in [0.717, 1.165) is 62.3 Å². The van der Waals surface area contributed by atoms with Gasteiger partial charge in [-0.15, -0.1) is 0 Å². The highest BCUT2D eigenvalue weighted by Crippen LogP contribution is 2.24. The second kappa shape index (κ2) is 13.5. The van der Waals surface area contributed by atoms with E-state index in [-0.39, 0.29) is 0 Å². The van der Waals surface area contributed by atoms with Crippen molar-refractivity contribution in [1.29, 1.82) is 0 Å². The van der Waals surface area contributed by atoms with Crippen LogP contribution in [0.25, 0.3) is 0 Å². The van der Waals surface area contributed by atoms with Crippen molar-refractivity contribution < 1.29 is 9.47 Å². The summed E-state index contributed by atoms with van der Waals surface area (Å²) in [4.78, 5) is 7.22. The zero-order chi connectivity index (χ0) is 23.3. The Hall–Kier alpha value is -2.85. The van der Waals surface area contributed by atoms with Gasteiger partial charge in [0.15, 0.2) is 0 Å². The van der Waals surface area contributed by atoms with Gasteiger partial charge >= 0.3 is 0 Å². The van der Waals surface area contributed by atoms with Crippen LogP contribution in [-0.4, -0.2) is 37.5 Å². The van der Waals surface area contributed by atoms with Crippen molar-refractivity contribution in [2.45, 2.75) is 46.5 Å². The van der Waals surface area contributed by atoms with Crippen molar-refractivity contribution in [3.8, 4) is 0 Å². The summed E-state index contributed by atoms with van der Waals surface area (Å²) >= 11 is 0.